The van der Waals surface area contributed by atoms with Crippen LogP contribution in [0, 0.1) is 10.1 Å². The first-order valence-corrected chi connectivity index (χ1v) is 13.3. The maximum atomic E-state index is 12.6. The smallest absolute Gasteiger partial charge is 0.269 e. The lowest BCUT2D eigenvalue weighted by Gasteiger charge is -2.37. The van der Waals surface area contributed by atoms with Crippen LogP contribution >= 0.6 is 23.5 Å². The number of hydrogen-bond acceptors (Lipinski definition) is 7. The van der Waals surface area contributed by atoms with Gasteiger partial charge in [0.15, 0.2) is 15.0 Å². The van der Waals surface area contributed by atoms with E-state index in [-0.39, 0.29) is 11.5 Å². The molecule has 2 heterocycles. The van der Waals surface area contributed by atoms with Crippen molar-refractivity contribution in [3.8, 4) is 0 Å². The van der Waals surface area contributed by atoms with Crippen molar-refractivity contribution in [1.29, 1.82) is 0 Å². The van der Waals surface area contributed by atoms with Crippen LogP contribution in [0.5, 0.6) is 0 Å². The number of rotatable bonds is 5. The Hall–Kier alpha value is -3.88. The van der Waals surface area contributed by atoms with E-state index < -0.39 is 13.9 Å². The number of hydrazone groups is 1. The minimum absolute atomic E-state index is 0.00261. The second-order valence-electron chi connectivity index (χ2n) is 8.79. The van der Waals surface area contributed by atoms with Crippen LogP contribution in [0.1, 0.15) is 29.2 Å². The van der Waals surface area contributed by atoms with Gasteiger partial charge in [-0.25, -0.2) is 5.01 Å². The fourth-order valence-corrected chi connectivity index (χ4v) is 8.55. The van der Waals surface area contributed by atoms with Gasteiger partial charge in [0.25, 0.3) is 5.69 Å². The lowest BCUT2D eigenvalue weighted by molar-refractivity contribution is -0.384. The number of benzene rings is 4. The first-order chi connectivity index (χ1) is 18.0. The summed E-state index contributed by atoms with van der Waals surface area (Å²) >= 11 is 3.16. The minimum atomic E-state index is -0.806. The first kappa shape index (κ1) is 23.5. The molecule has 0 fully saturated rings. The van der Waals surface area contributed by atoms with Gasteiger partial charge in [0.1, 0.15) is 0 Å². The fourth-order valence-electron chi connectivity index (χ4n) is 4.99. The molecule has 182 valence electrons. The van der Waals surface area contributed by atoms with E-state index in [1.807, 2.05) is 53.5 Å². The highest BCUT2D eigenvalue weighted by Gasteiger charge is 2.61. The van der Waals surface area contributed by atoms with Crippen molar-refractivity contribution < 1.29 is 9.72 Å². The van der Waals surface area contributed by atoms with Gasteiger partial charge >= 0.3 is 0 Å². The molecule has 4 aromatic carbocycles. The predicted octanol–water partition coefficient (Wildman–Crippen LogP) is 6.90. The third-order valence-electron chi connectivity index (χ3n) is 6.61. The Morgan fingerprint density at radius 1 is 0.811 bits per heavy atom. The van der Waals surface area contributed by atoms with E-state index in [4.69, 9.17) is 5.10 Å². The quantitative estimate of drug-likeness (QED) is 0.209. The van der Waals surface area contributed by atoms with Crippen molar-refractivity contribution in [2.75, 3.05) is 5.01 Å². The molecule has 1 spiro atoms. The van der Waals surface area contributed by atoms with E-state index >= 15 is 0 Å². The van der Waals surface area contributed by atoms with Crippen LogP contribution in [-0.4, -0.2) is 15.8 Å². The molecule has 0 amide bonds. The summed E-state index contributed by atoms with van der Waals surface area (Å²) in [4.78, 5) is 23.5. The zero-order valence-corrected chi connectivity index (χ0v) is 21.4. The largest absolute Gasteiger partial charge is 0.292 e. The summed E-state index contributed by atoms with van der Waals surface area (Å²) < 4.78 is -1.38. The predicted molar refractivity (Wildman–Crippen MR) is 150 cm³/mol. The van der Waals surface area contributed by atoms with Crippen LogP contribution in [0.2, 0.25) is 0 Å². The number of hydrogen-bond donors (Lipinski definition) is 0. The number of thioether (sulfide) groups is 2. The number of non-ortho nitro benzene ring substituents is 1. The van der Waals surface area contributed by atoms with Gasteiger partial charge in [0.05, 0.1) is 15.4 Å². The standard InChI is InChI=1S/C29H21N3O3S2/c1-20(33)27-30-31(23-16-18-24(19-17-23)32(34)35)29(36-27)26-15-9-8-14-25(26)28(37-29,21-10-4-2-5-11-21)22-12-6-3-7-13-22/h2-19H,1H3/t29-/m0/s1. The first-order valence-electron chi connectivity index (χ1n) is 11.7. The van der Waals surface area contributed by atoms with Gasteiger partial charge in [0, 0.05) is 24.6 Å². The van der Waals surface area contributed by atoms with Crippen molar-refractivity contribution >= 4 is 45.7 Å². The molecular formula is C29H21N3O3S2. The molecule has 2 aliphatic rings. The molecule has 1 atom stereocenters. The van der Waals surface area contributed by atoms with E-state index in [1.54, 1.807) is 23.9 Å². The molecule has 0 saturated carbocycles. The van der Waals surface area contributed by atoms with Crippen molar-refractivity contribution in [3.63, 3.8) is 0 Å². The molecular weight excluding hydrogens is 502 g/mol. The van der Waals surface area contributed by atoms with Crippen LogP contribution < -0.4 is 5.01 Å². The Morgan fingerprint density at radius 3 is 1.89 bits per heavy atom. The third kappa shape index (κ3) is 3.59. The molecule has 6 rings (SSSR count). The average Bonchev–Trinajstić information content (AvgIpc) is 3.47. The van der Waals surface area contributed by atoms with E-state index in [0.717, 1.165) is 22.3 Å². The highest BCUT2D eigenvalue weighted by molar-refractivity contribution is 8.27. The number of nitro groups is 1. The third-order valence-corrected chi connectivity index (χ3v) is 10.0. The summed E-state index contributed by atoms with van der Waals surface area (Å²) in [7, 11) is 0. The molecule has 0 bridgehead atoms. The summed E-state index contributed by atoms with van der Waals surface area (Å²) in [5.74, 6) is -0.121. The van der Waals surface area contributed by atoms with Gasteiger partial charge in [-0.3, -0.25) is 14.9 Å². The highest BCUT2D eigenvalue weighted by Crippen LogP contribution is 2.70. The molecule has 4 aromatic rings. The molecule has 8 heteroatoms. The van der Waals surface area contributed by atoms with Crippen molar-refractivity contribution in [1.82, 2.24) is 0 Å². The van der Waals surface area contributed by atoms with Crippen LogP contribution in [0.25, 0.3) is 0 Å². The number of nitro benzene ring substituents is 1. The molecule has 2 aliphatic heterocycles. The van der Waals surface area contributed by atoms with Crippen molar-refractivity contribution in [2.45, 2.75) is 15.9 Å². The molecule has 0 aliphatic carbocycles. The zero-order valence-electron chi connectivity index (χ0n) is 19.8. The van der Waals surface area contributed by atoms with Crippen LogP contribution in [0.15, 0.2) is 114 Å². The van der Waals surface area contributed by atoms with Gasteiger partial charge in [0.2, 0.25) is 0 Å². The van der Waals surface area contributed by atoms with Gasteiger partial charge < -0.3 is 0 Å². The Labute approximate surface area is 222 Å². The summed E-state index contributed by atoms with van der Waals surface area (Å²) in [6.07, 6.45) is 0. The number of fused-ring (bicyclic) bond motifs is 2. The van der Waals surface area contributed by atoms with Crippen LogP contribution in [0.4, 0.5) is 11.4 Å². The maximum absolute atomic E-state index is 12.6. The SMILES string of the molecule is CC(=O)C1=NN(c2ccc([N+](=O)[O-])cc2)[C@@]2(S1)SC(c1ccccc1)(c1ccccc1)c1ccccc12. The fraction of sp³-hybridized carbons (Fsp3) is 0.103. The number of anilines is 1. The normalized spacial score (nSPS) is 19.5. The summed E-state index contributed by atoms with van der Waals surface area (Å²) in [6.45, 7) is 1.52. The second kappa shape index (κ2) is 8.90. The number of ketones is 1. The highest BCUT2D eigenvalue weighted by atomic mass is 32.2. The lowest BCUT2D eigenvalue weighted by atomic mass is 9.82. The van der Waals surface area contributed by atoms with Gasteiger partial charge in [-0.1, -0.05) is 108 Å². The van der Waals surface area contributed by atoms with Crippen LogP contribution in [-0.2, 0) is 13.7 Å². The Morgan fingerprint density at radius 2 is 1.35 bits per heavy atom. The molecule has 0 radical (unpaired) electrons. The molecule has 0 N–H and O–H groups in total. The van der Waals surface area contributed by atoms with Crippen molar-refractivity contribution in [3.05, 3.63) is 142 Å². The van der Waals surface area contributed by atoms with Gasteiger partial charge in [-0.15, -0.1) is 0 Å². The monoisotopic (exact) mass is 523 g/mol. The van der Waals surface area contributed by atoms with Gasteiger partial charge in [-0.05, 0) is 28.8 Å². The summed E-state index contributed by atoms with van der Waals surface area (Å²) in [5, 5.41) is 18.3. The maximum Gasteiger partial charge on any atom is 0.269 e. The lowest BCUT2D eigenvalue weighted by Crippen LogP contribution is -2.34. The topological polar surface area (TPSA) is 75.8 Å². The van der Waals surface area contributed by atoms with Crippen LogP contribution in [0.3, 0.4) is 0 Å². The molecule has 0 unspecified atom stereocenters. The van der Waals surface area contributed by atoms with E-state index in [2.05, 4.69) is 36.4 Å². The molecule has 6 nitrogen and oxygen atoms in total. The zero-order chi connectivity index (χ0) is 25.6. The number of carbonyl (C=O) groups is 1. The van der Waals surface area contributed by atoms with Crippen molar-refractivity contribution in [2.24, 2.45) is 5.10 Å². The Balaban J connectivity index is 1.62. The molecule has 37 heavy (non-hydrogen) atoms. The minimum Gasteiger partial charge on any atom is -0.292 e. The van der Waals surface area contributed by atoms with E-state index in [1.165, 1.54) is 30.8 Å². The summed E-state index contributed by atoms with van der Waals surface area (Å²) in [5.41, 5.74) is 5.08. The van der Waals surface area contributed by atoms with E-state index in [0.29, 0.717) is 10.7 Å². The number of nitrogens with zero attached hydrogens (tertiary/aromatic N) is 3. The summed E-state index contributed by atoms with van der Waals surface area (Å²) in [6, 6.07) is 35.4. The molecule has 0 saturated heterocycles. The number of Topliss-reactive ketones (excluding diaryl/α,β-unsaturated/α-hetero) is 1. The van der Waals surface area contributed by atoms with E-state index in [9.17, 15) is 14.9 Å². The Bertz CT molecular complexity index is 1500. The number of carbonyl (C=O) groups excluding carboxylic acids is 1. The second-order valence-corrected chi connectivity index (χ2v) is 11.6. The van der Waals surface area contributed by atoms with Gasteiger partial charge in [-0.2, -0.15) is 5.10 Å². The molecule has 0 aromatic heterocycles. The average molecular weight is 524 g/mol. The Kier molecular flexibility index (Phi) is 5.66.